The van der Waals surface area contributed by atoms with Crippen LogP contribution in [0.15, 0.2) is 23.1 Å². The van der Waals surface area contributed by atoms with Crippen LogP contribution in [0.4, 0.5) is 0 Å². The Labute approximate surface area is 100 Å². The SMILES string of the molecule is O=C(Cc1cc(=O)cc[nH]1)CC1CCCCO1. The summed E-state index contributed by atoms with van der Waals surface area (Å²) < 4.78 is 5.52. The smallest absolute Gasteiger partial charge is 0.181 e. The molecule has 0 amide bonds. The van der Waals surface area contributed by atoms with Crippen molar-refractivity contribution in [3.8, 4) is 0 Å². The molecule has 1 aliphatic heterocycles. The largest absolute Gasteiger partial charge is 0.378 e. The summed E-state index contributed by atoms with van der Waals surface area (Å²) >= 11 is 0. The highest BCUT2D eigenvalue weighted by molar-refractivity contribution is 5.80. The summed E-state index contributed by atoms with van der Waals surface area (Å²) in [6, 6.07) is 2.91. The maximum Gasteiger partial charge on any atom is 0.181 e. The molecule has 17 heavy (non-hydrogen) atoms. The molecule has 1 aromatic heterocycles. The second-order valence-corrected chi connectivity index (χ2v) is 4.46. The van der Waals surface area contributed by atoms with Crippen LogP contribution in [-0.2, 0) is 16.0 Å². The van der Waals surface area contributed by atoms with Crippen LogP contribution >= 0.6 is 0 Å². The highest BCUT2D eigenvalue weighted by atomic mass is 16.5. The molecule has 4 heteroatoms. The molecule has 1 aromatic rings. The third-order valence-corrected chi connectivity index (χ3v) is 2.95. The van der Waals surface area contributed by atoms with E-state index in [1.165, 1.54) is 12.1 Å². The Morgan fingerprint density at radius 3 is 3.06 bits per heavy atom. The molecular formula is C13H17NO3. The minimum atomic E-state index is -0.0690. The summed E-state index contributed by atoms with van der Waals surface area (Å²) in [6.45, 7) is 0.764. The van der Waals surface area contributed by atoms with Crippen molar-refractivity contribution < 1.29 is 9.53 Å². The molecule has 0 spiro atoms. The van der Waals surface area contributed by atoms with E-state index in [-0.39, 0.29) is 23.7 Å². The van der Waals surface area contributed by atoms with Crippen molar-refractivity contribution in [2.24, 2.45) is 0 Å². The van der Waals surface area contributed by atoms with Crippen LogP contribution in [0, 0.1) is 0 Å². The van der Waals surface area contributed by atoms with E-state index >= 15 is 0 Å². The van der Waals surface area contributed by atoms with Gasteiger partial charge in [-0.1, -0.05) is 0 Å². The molecule has 0 aliphatic carbocycles. The molecule has 2 heterocycles. The van der Waals surface area contributed by atoms with Gasteiger partial charge in [0.05, 0.1) is 6.10 Å². The van der Waals surface area contributed by atoms with Gasteiger partial charge in [0.25, 0.3) is 0 Å². The van der Waals surface area contributed by atoms with Crippen molar-refractivity contribution in [1.29, 1.82) is 0 Å². The van der Waals surface area contributed by atoms with E-state index < -0.39 is 0 Å². The van der Waals surface area contributed by atoms with Crippen LogP contribution in [-0.4, -0.2) is 23.5 Å². The lowest BCUT2D eigenvalue weighted by molar-refractivity contribution is -0.122. The molecule has 1 fully saturated rings. The van der Waals surface area contributed by atoms with E-state index in [1.54, 1.807) is 6.20 Å². The highest BCUT2D eigenvalue weighted by Gasteiger charge is 2.17. The number of ketones is 1. The van der Waals surface area contributed by atoms with E-state index in [0.717, 1.165) is 25.9 Å². The number of carbonyl (C=O) groups excluding carboxylic acids is 1. The fourth-order valence-electron chi connectivity index (χ4n) is 2.10. The molecule has 1 N–H and O–H groups in total. The first kappa shape index (κ1) is 12.0. The number of pyridine rings is 1. The predicted molar refractivity (Wildman–Crippen MR) is 64.0 cm³/mol. The van der Waals surface area contributed by atoms with Crippen molar-refractivity contribution >= 4 is 5.78 Å². The van der Waals surface area contributed by atoms with E-state index in [0.29, 0.717) is 12.1 Å². The zero-order chi connectivity index (χ0) is 12.1. The molecule has 1 atom stereocenters. The number of rotatable bonds is 4. The lowest BCUT2D eigenvalue weighted by Crippen LogP contribution is -2.23. The van der Waals surface area contributed by atoms with Gasteiger partial charge >= 0.3 is 0 Å². The Morgan fingerprint density at radius 1 is 1.47 bits per heavy atom. The monoisotopic (exact) mass is 235 g/mol. The number of aromatic nitrogens is 1. The van der Waals surface area contributed by atoms with Gasteiger partial charge in [-0.15, -0.1) is 0 Å². The molecular weight excluding hydrogens is 218 g/mol. The summed E-state index contributed by atoms with van der Waals surface area (Å²) in [4.78, 5) is 25.8. The number of carbonyl (C=O) groups is 1. The first-order valence-corrected chi connectivity index (χ1v) is 6.05. The Bertz CT molecular complexity index is 432. The molecule has 0 saturated carbocycles. The zero-order valence-corrected chi connectivity index (χ0v) is 9.78. The molecule has 1 aliphatic rings. The van der Waals surface area contributed by atoms with E-state index in [9.17, 15) is 9.59 Å². The molecule has 92 valence electrons. The van der Waals surface area contributed by atoms with Crippen molar-refractivity contribution in [2.75, 3.05) is 6.61 Å². The number of nitrogens with one attached hydrogen (secondary N) is 1. The summed E-state index contributed by atoms with van der Waals surface area (Å²) in [7, 11) is 0. The average molecular weight is 235 g/mol. The van der Waals surface area contributed by atoms with Crippen molar-refractivity contribution in [3.63, 3.8) is 0 Å². The number of aromatic amines is 1. The summed E-state index contributed by atoms with van der Waals surface area (Å²) in [5, 5.41) is 0. The van der Waals surface area contributed by atoms with Crippen LogP contribution in [0.1, 0.15) is 31.4 Å². The Hall–Kier alpha value is -1.42. The van der Waals surface area contributed by atoms with Gasteiger partial charge in [-0.2, -0.15) is 0 Å². The second-order valence-electron chi connectivity index (χ2n) is 4.46. The van der Waals surface area contributed by atoms with Gasteiger partial charge < -0.3 is 9.72 Å². The van der Waals surface area contributed by atoms with E-state index in [1.807, 2.05) is 0 Å². The summed E-state index contributed by atoms with van der Waals surface area (Å²) in [5.74, 6) is 0.124. The van der Waals surface area contributed by atoms with E-state index in [4.69, 9.17) is 4.74 Å². The average Bonchev–Trinajstić information content (AvgIpc) is 2.30. The van der Waals surface area contributed by atoms with Crippen LogP contribution in [0.2, 0.25) is 0 Å². The van der Waals surface area contributed by atoms with E-state index in [2.05, 4.69) is 4.98 Å². The topological polar surface area (TPSA) is 59.2 Å². The van der Waals surface area contributed by atoms with Gasteiger partial charge in [0.15, 0.2) is 5.43 Å². The van der Waals surface area contributed by atoms with Crippen LogP contribution in [0.3, 0.4) is 0 Å². The van der Waals surface area contributed by atoms with Crippen molar-refractivity contribution in [1.82, 2.24) is 4.98 Å². The lowest BCUT2D eigenvalue weighted by atomic mass is 10.0. The van der Waals surface area contributed by atoms with Gasteiger partial charge in [0.1, 0.15) is 5.78 Å². The minimum absolute atomic E-state index is 0.0690. The normalized spacial score (nSPS) is 20.1. The van der Waals surface area contributed by atoms with Crippen LogP contribution in [0.25, 0.3) is 0 Å². The number of H-pyrrole nitrogens is 1. The van der Waals surface area contributed by atoms with Gasteiger partial charge in [0.2, 0.25) is 0 Å². The number of ether oxygens (including phenoxy) is 1. The van der Waals surface area contributed by atoms with Crippen molar-refractivity contribution in [3.05, 3.63) is 34.2 Å². The fraction of sp³-hybridized carbons (Fsp3) is 0.538. The maximum absolute atomic E-state index is 11.8. The molecule has 4 nitrogen and oxygen atoms in total. The fourth-order valence-corrected chi connectivity index (χ4v) is 2.10. The minimum Gasteiger partial charge on any atom is -0.378 e. The maximum atomic E-state index is 11.8. The Kier molecular flexibility index (Phi) is 4.09. The van der Waals surface area contributed by atoms with Gasteiger partial charge in [-0.05, 0) is 19.3 Å². The third-order valence-electron chi connectivity index (χ3n) is 2.95. The number of hydrogen-bond acceptors (Lipinski definition) is 3. The molecule has 2 rings (SSSR count). The van der Waals surface area contributed by atoms with Crippen molar-refractivity contribution in [2.45, 2.75) is 38.2 Å². The van der Waals surface area contributed by atoms with Gasteiger partial charge in [-0.3, -0.25) is 9.59 Å². The second kappa shape index (κ2) is 5.77. The standard InChI is InChI=1S/C13H17NO3/c15-11-4-5-14-10(7-11)8-12(16)9-13-3-1-2-6-17-13/h4-5,7,13H,1-3,6,8-9H2,(H,14,15). The highest BCUT2D eigenvalue weighted by Crippen LogP contribution is 2.16. The summed E-state index contributed by atoms with van der Waals surface area (Å²) in [6.07, 6.45) is 5.59. The van der Waals surface area contributed by atoms with Gasteiger partial charge in [0, 0.05) is 43.5 Å². The first-order valence-electron chi connectivity index (χ1n) is 6.05. The molecule has 1 saturated heterocycles. The van der Waals surface area contributed by atoms with Crippen LogP contribution in [0.5, 0.6) is 0 Å². The van der Waals surface area contributed by atoms with Gasteiger partial charge in [-0.25, -0.2) is 0 Å². The lowest BCUT2D eigenvalue weighted by Gasteiger charge is -2.21. The van der Waals surface area contributed by atoms with Crippen LogP contribution < -0.4 is 5.43 Å². The molecule has 0 aromatic carbocycles. The summed E-state index contributed by atoms with van der Waals surface area (Å²) in [5.41, 5.74) is 0.610. The predicted octanol–water partition coefficient (Wildman–Crippen LogP) is 1.45. The quantitative estimate of drug-likeness (QED) is 0.859. The zero-order valence-electron chi connectivity index (χ0n) is 9.78. The molecule has 0 radical (unpaired) electrons. The third kappa shape index (κ3) is 3.82. The number of hydrogen-bond donors (Lipinski definition) is 1. The molecule has 1 unspecified atom stereocenters. The Balaban J connectivity index is 1.86. The first-order chi connectivity index (χ1) is 8.24. The Morgan fingerprint density at radius 2 is 2.35 bits per heavy atom. The molecule has 0 bridgehead atoms. The number of Topliss-reactive ketones (excluding diaryl/α,β-unsaturated/α-hetero) is 1.